The molecule has 1 amide bonds. The molecule has 2 atom stereocenters. The summed E-state index contributed by atoms with van der Waals surface area (Å²) < 4.78 is 11.4. The van der Waals surface area contributed by atoms with Gasteiger partial charge in [-0.2, -0.15) is 0 Å². The van der Waals surface area contributed by atoms with E-state index < -0.39 is 0 Å². The lowest BCUT2D eigenvalue weighted by molar-refractivity contribution is -0.139. The summed E-state index contributed by atoms with van der Waals surface area (Å²) in [4.78, 5) is 16.5. The van der Waals surface area contributed by atoms with Gasteiger partial charge in [-0.15, -0.1) is 0 Å². The maximum absolute atomic E-state index is 12.5. The Kier molecular flexibility index (Phi) is 6.45. The molecule has 0 N–H and O–H groups in total. The Hall–Kier alpha value is -0.650. The van der Waals surface area contributed by atoms with Crippen LogP contribution in [0.25, 0.3) is 0 Å². The van der Waals surface area contributed by atoms with Crippen molar-refractivity contribution in [3.63, 3.8) is 0 Å². The minimum atomic E-state index is 0.0121. The van der Waals surface area contributed by atoms with Crippen LogP contribution in [0.15, 0.2) is 0 Å². The molecule has 0 aliphatic carbocycles. The van der Waals surface area contributed by atoms with Crippen molar-refractivity contribution in [2.75, 3.05) is 47.0 Å². The molecule has 0 aromatic rings. The van der Waals surface area contributed by atoms with Crippen LogP contribution in [0.5, 0.6) is 0 Å². The fourth-order valence-electron chi connectivity index (χ4n) is 3.20. The fourth-order valence-corrected chi connectivity index (χ4v) is 3.20. The van der Waals surface area contributed by atoms with Crippen molar-refractivity contribution < 1.29 is 14.3 Å². The Bertz CT molecular complexity index is 321. The van der Waals surface area contributed by atoms with Crippen LogP contribution in [0.1, 0.15) is 32.6 Å². The summed E-state index contributed by atoms with van der Waals surface area (Å²) in [6.45, 7) is 6.27. The van der Waals surface area contributed by atoms with E-state index in [1.807, 2.05) is 23.9 Å². The number of likely N-dealkylation sites (N-methyl/N-ethyl adjacent to an activating group) is 1. The van der Waals surface area contributed by atoms with Crippen molar-refractivity contribution >= 4 is 5.91 Å². The first-order valence-corrected chi connectivity index (χ1v) is 8.26. The van der Waals surface area contributed by atoms with Gasteiger partial charge in [0.1, 0.15) is 0 Å². The van der Waals surface area contributed by atoms with Crippen molar-refractivity contribution in [2.45, 2.75) is 44.8 Å². The smallest absolute Gasteiger partial charge is 0.239 e. The Balaban J connectivity index is 1.70. The number of rotatable bonds is 6. The van der Waals surface area contributed by atoms with Gasteiger partial charge in [0.15, 0.2) is 0 Å². The number of piperidine rings is 1. The zero-order valence-corrected chi connectivity index (χ0v) is 13.7. The van der Waals surface area contributed by atoms with E-state index in [2.05, 4.69) is 6.92 Å². The maximum atomic E-state index is 12.5. The Morgan fingerprint density at radius 3 is 2.57 bits per heavy atom. The highest BCUT2D eigenvalue weighted by atomic mass is 16.5. The van der Waals surface area contributed by atoms with E-state index in [1.165, 1.54) is 0 Å². The molecular weight excluding hydrogens is 268 g/mol. The zero-order chi connectivity index (χ0) is 15.2. The third-order valence-corrected chi connectivity index (χ3v) is 4.64. The van der Waals surface area contributed by atoms with E-state index in [-0.39, 0.29) is 11.9 Å². The predicted octanol–water partition coefficient (Wildman–Crippen LogP) is 1.37. The lowest BCUT2D eigenvalue weighted by Crippen LogP contribution is -2.49. The number of amides is 1. The van der Waals surface area contributed by atoms with Gasteiger partial charge >= 0.3 is 0 Å². The summed E-state index contributed by atoms with van der Waals surface area (Å²) >= 11 is 0. The van der Waals surface area contributed by atoms with E-state index in [9.17, 15) is 4.79 Å². The largest absolute Gasteiger partial charge is 0.381 e. The van der Waals surface area contributed by atoms with Crippen LogP contribution in [-0.4, -0.2) is 74.9 Å². The number of ether oxygens (including phenoxy) is 2. The monoisotopic (exact) mass is 298 g/mol. The summed E-state index contributed by atoms with van der Waals surface area (Å²) in [5, 5.41) is 0. The van der Waals surface area contributed by atoms with Crippen molar-refractivity contribution in [3.8, 4) is 0 Å². The molecule has 0 aromatic heterocycles. The van der Waals surface area contributed by atoms with Crippen LogP contribution in [-0.2, 0) is 14.3 Å². The topological polar surface area (TPSA) is 42.0 Å². The van der Waals surface area contributed by atoms with Gasteiger partial charge < -0.3 is 14.4 Å². The second-order valence-electron chi connectivity index (χ2n) is 6.48. The van der Waals surface area contributed by atoms with Gasteiger partial charge in [0.05, 0.1) is 25.4 Å². The fraction of sp³-hybridized carbons (Fsp3) is 0.938. The molecule has 5 nitrogen and oxygen atoms in total. The van der Waals surface area contributed by atoms with Crippen LogP contribution >= 0.6 is 0 Å². The Labute approximate surface area is 128 Å². The summed E-state index contributed by atoms with van der Waals surface area (Å²) in [6, 6.07) is 0.0121. The summed E-state index contributed by atoms with van der Waals surface area (Å²) in [7, 11) is 3.96. The number of nitrogens with zero attached hydrogens (tertiary/aromatic N) is 2. The third-order valence-electron chi connectivity index (χ3n) is 4.64. The Morgan fingerprint density at radius 2 is 2.05 bits per heavy atom. The highest BCUT2D eigenvalue weighted by molar-refractivity contribution is 5.81. The van der Waals surface area contributed by atoms with Gasteiger partial charge in [0.25, 0.3) is 0 Å². The number of carbonyl (C=O) groups is 1. The van der Waals surface area contributed by atoms with Crippen molar-refractivity contribution in [2.24, 2.45) is 5.92 Å². The number of hydrogen-bond donors (Lipinski definition) is 0. The first-order chi connectivity index (χ1) is 10.1. The van der Waals surface area contributed by atoms with Gasteiger partial charge in [0, 0.05) is 25.6 Å². The lowest BCUT2D eigenvalue weighted by atomic mass is 10.0. The summed E-state index contributed by atoms with van der Waals surface area (Å²) in [5.74, 6) is 0.841. The average Bonchev–Trinajstić information content (AvgIpc) is 2.99. The number of likely N-dealkylation sites (tertiary alicyclic amines) is 1. The van der Waals surface area contributed by atoms with Gasteiger partial charge in [-0.3, -0.25) is 9.69 Å². The first-order valence-electron chi connectivity index (χ1n) is 8.26. The molecule has 0 saturated carbocycles. The molecule has 2 saturated heterocycles. The SMILES string of the molecule is CCC(C(=O)N1CCC(OCC2CCOC2)CC1)N(C)C. The molecule has 21 heavy (non-hydrogen) atoms. The molecule has 0 bridgehead atoms. The highest BCUT2D eigenvalue weighted by Crippen LogP contribution is 2.19. The lowest BCUT2D eigenvalue weighted by Gasteiger charge is -2.35. The number of carbonyl (C=O) groups excluding carboxylic acids is 1. The minimum absolute atomic E-state index is 0.0121. The van der Waals surface area contributed by atoms with Gasteiger partial charge in [-0.05, 0) is 39.8 Å². The molecule has 2 unspecified atom stereocenters. The molecule has 2 aliphatic rings. The van der Waals surface area contributed by atoms with Crippen molar-refractivity contribution in [1.29, 1.82) is 0 Å². The molecule has 2 heterocycles. The molecule has 0 radical (unpaired) electrons. The van der Waals surface area contributed by atoms with E-state index >= 15 is 0 Å². The van der Waals surface area contributed by atoms with E-state index in [1.54, 1.807) is 0 Å². The maximum Gasteiger partial charge on any atom is 0.239 e. The van der Waals surface area contributed by atoms with Crippen molar-refractivity contribution in [1.82, 2.24) is 9.80 Å². The average molecular weight is 298 g/mol. The van der Waals surface area contributed by atoms with Gasteiger partial charge in [-0.1, -0.05) is 6.92 Å². The van der Waals surface area contributed by atoms with Crippen LogP contribution in [0.2, 0.25) is 0 Å². The van der Waals surface area contributed by atoms with Crippen LogP contribution in [0.3, 0.4) is 0 Å². The van der Waals surface area contributed by atoms with Gasteiger partial charge in [-0.25, -0.2) is 0 Å². The molecule has 0 spiro atoms. The zero-order valence-electron chi connectivity index (χ0n) is 13.7. The summed E-state index contributed by atoms with van der Waals surface area (Å²) in [6.07, 6.45) is 4.23. The van der Waals surface area contributed by atoms with Crippen LogP contribution in [0.4, 0.5) is 0 Å². The predicted molar refractivity (Wildman–Crippen MR) is 82.2 cm³/mol. The van der Waals surface area contributed by atoms with Crippen LogP contribution in [0, 0.1) is 5.92 Å². The van der Waals surface area contributed by atoms with Crippen molar-refractivity contribution in [3.05, 3.63) is 0 Å². The van der Waals surface area contributed by atoms with E-state index in [0.29, 0.717) is 12.0 Å². The molecule has 2 fully saturated rings. The number of hydrogen-bond acceptors (Lipinski definition) is 4. The standard InChI is InChI=1S/C16H30N2O3/c1-4-15(17(2)3)16(19)18-8-5-14(6-9-18)21-12-13-7-10-20-11-13/h13-15H,4-12H2,1-3H3. The van der Waals surface area contributed by atoms with E-state index in [0.717, 1.165) is 58.6 Å². The van der Waals surface area contributed by atoms with E-state index in [4.69, 9.17) is 9.47 Å². The highest BCUT2D eigenvalue weighted by Gasteiger charge is 2.29. The molecule has 122 valence electrons. The second-order valence-corrected chi connectivity index (χ2v) is 6.48. The minimum Gasteiger partial charge on any atom is -0.381 e. The first kappa shape index (κ1) is 16.7. The molecule has 0 aromatic carbocycles. The van der Waals surface area contributed by atoms with Crippen LogP contribution < -0.4 is 0 Å². The molecular formula is C16H30N2O3. The quantitative estimate of drug-likeness (QED) is 0.743. The Morgan fingerprint density at radius 1 is 1.33 bits per heavy atom. The normalized spacial score (nSPS) is 25.5. The molecule has 2 rings (SSSR count). The second kappa shape index (κ2) is 8.11. The molecule has 2 aliphatic heterocycles. The summed E-state index contributed by atoms with van der Waals surface area (Å²) in [5.41, 5.74) is 0. The van der Waals surface area contributed by atoms with Gasteiger partial charge in [0.2, 0.25) is 5.91 Å². The third kappa shape index (κ3) is 4.66. The molecule has 5 heteroatoms.